The van der Waals surface area contributed by atoms with Crippen molar-refractivity contribution in [3.63, 3.8) is 0 Å². The lowest BCUT2D eigenvalue weighted by Gasteiger charge is -2.21. The van der Waals surface area contributed by atoms with Gasteiger partial charge >= 0.3 is 6.03 Å². The fourth-order valence-corrected chi connectivity index (χ4v) is 3.83. The highest BCUT2D eigenvalue weighted by Crippen LogP contribution is 2.30. The van der Waals surface area contributed by atoms with E-state index in [1.165, 1.54) is 4.90 Å². The largest absolute Gasteiger partial charge is 0.321 e. The number of anilines is 2. The molecule has 1 aliphatic rings. The predicted octanol–water partition coefficient (Wildman–Crippen LogP) is 4.96. The van der Waals surface area contributed by atoms with E-state index in [-0.39, 0.29) is 21.6 Å². The third-order valence-electron chi connectivity index (χ3n) is 4.86. The third kappa shape index (κ3) is 4.26. The summed E-state index contributed by atoms with van der Waals surface area (Å²) >= 11 is 12.3. The van der Waals surface area contributed by atoms with Gasteiger partial charge in [0.25, 0.3) is 5.91 Å². The van der Waals surface area contributed by atoms with Crippen LogP contribution in [0.2, 0.25) is 10.0 Å². The molecule has 3 aromatic carbocycles. The van der Waals surface area contributed by atoms with Crippen LogP contribution in [0, 0.1) is 0 Å². The monoisotopic (exact) mass is 452 g/mol. The molecule has 0 bridgehead atoms. The number of hydrogen-bond acceptors (Lipinski definition) is 3. The van der Waals surface area contributed by atoms with Crippen LogP contribution in [0.1, 0.15) is 11.1 Å². The Balaban J connectivity index is 1.70. The van der Waals surface area contributed by atoms with Gasteiger partial charge in [0, 0.05) is 18.2 Å². The quantitative estimate of drug-likeness (QED) is 0.589. The summed E-state index contributed by atoms with van der Waals surface area (Å²) in [4.78, 5) is 31.9. The van der Waals surface area contributed by atoms with E-state index < -0.39 is 12.2 Å². The van der Waals surface area contributed by atoms with Crippen molar-refractivity contribution in [2.45, 2.75) is 6.17 Å². The zero-order valence-corrected chi connectivity index (χ0v) is 18.0. The van der Waals surface area contributed by atoms with Gasteiger partial charge in [-0.2, -0.15) is 0 Å². The number of para-hydroxylation sites is 2. The molecule has 0 aliphatic carbocycles. The number of likely N-dealkylation sites (N-methyl/N-ethyl adjacent to an activating group) is 1. The summed E-state index contributed by atoms with van der Waals surface area (Å²) in [6, 6.07) is 21.2. The summed E-state index contributed by atoms with van der Waals surface area (Å²) < 4.78 is 0. The van der Waals surface area contributed by atoms with E-state index in [9.17, 15) is 9.59 Å². The van der Waals surface area contributed by atoms with Gasteiger partial charge in [0.2, 0.25) is 6.17 Å². The molecular formula is C23H18Cl2N4O2. The second-order valence-corrected chi connectivity index (χ2v) is 7.67. The smallest absolute Gasteiger partial charge is 0.311 e. The van der Waals surface area contributed by atoms with Crippen LogP contribution in [-0.4, -0.2) is 30.9 Å². The lowest BCUT2D eigenvalue weighted by atomic mass is 10.0. The van der Waals surface area contributed by atoms with Crippen molar-refractivity contribution in [1.82, 2.24) is 5.32 Å². The first-order chi connectivity index (χ1) is 15.0. The molecule has 8 heteroatoms. The van der Waals surface area contributed by atoms with Crippen LogP contribution in [0.5, 0.6) is 0 Å². The molecule has 3 aromatic rings. The highest BCUT2D eigenvalue weighted by atomic mass is 35.5. The van der Waals surface area contributed by atoms with Crippen LogP contribution < -0.4 is 15.5 Å². The zero-order valence-electron chi connectivity index (χ0n) is 16.5. The number of hydrogen-bond donors (Lipinski definition) is 2. The van der Waals surface area contributed by atoms with Gasteiger partial charge in [-0.1, -0.05) is 77.8 Å². The average Bonchev–Trinajstić information content (AvgIpc) is 2.88. The minimum absolute atomic E-state index is 0.258. The first-order valence-electron chi connectivity index (χ1n) is 9.47. The molecule has 31 heavy (non-hydrogen) atoms. The number of carbonyl (C=O) groups excluding carboxylic acids is 2. The Hall–Kier alpha value is -3.35. The summed E-state index contributed by atoms with van der Waals surface area (Å²) in [6.45, 7) is 0. The number of fused-ring (bicyclic) bond motifs is 1. The Morgan fingerprint density at radius 3 is 2.29 bits per heavy atom. The van der Waals surface area contributed by atoms with Gasteiger partial charge in [-0.15, -0.1) is 0 Å². The van der Waals surface area contributed by atoms with E-state index in [2.05, 4.69) is 15.6 Å². The SMILES string of the molecule is CN1C(=O)[C@@H](NC(=O)Nc2c(Cl)cccc2Cl)N=C(c2ccccc2)c2ccccc21. The van der Waals surface area contributed by atoms with Crippen molar-refractivity contribution in [1.29, 1.82) is 0 Å². The topological polar surface area (TPSA) is 73.8 Å². The molecule has 1 aliphatic heterocycles. The normalized spacial score (nSPS) is 15.6. The Bertz CT molecular complexity index is 1160. The summed E-state index contributed by atoms with van der Waals surface area (Å²) in [6.07, 6.45) is -1.14. The Morgan fingerprint density at radius 2 is 1.58 bits per heavy atom. The van der Waals surface area contributed by atoms with Gasteiger partial charge in [-0.3, -0.25) is 4.79 Å². The number of amides is 3. The number of rotatable bonds is 3. The van der Waals surface area contributed by atoms with Gasteiger partial charge in [-0.05, 0) is 18.2 Å². The molecule has 156 valence electrons. The maximum absolute atomic E-state index is 13.1. The number of carbonyl (C=O) groups is 2. The number of nitrogens with one attached hydrogen (secondary N) is 2. The number of benzene rings is 3. The van der Waals surface area contributed by atoms with Gasteiger partial charge in [0.05, 0.1) is 27.1 Å². The summed E-state index contributed by atoms with van der Waals surface area (Å²) in [5.41, 5.74) is 3.19. The Kier molecular flexibility index (Phi) is 5.93. The zero-order chi connectivity index (χ0) is 22.0. The number of aliphatic imine (C=N–C) groups is 1. The molecule has 0 aromatic heterocycles. The van der Waals surface area contributed by atoms with Gasteiger partial charge < -0.3 is 15.5 Å². The van der Waals surface area contributed by atoms with E-state index in [1.807, 2.05) is 54.6 Å². The van der Waals surface area contributed by atoms with E-state index >= 15 is 0 Å². The lowest BCUT2D eigenvalue weighted by molar-refractivity contribution is -0.119. The molecule has 1 atom stereocenters. The Morgan fingerprint density at radius 1 is 0.935 bits per heavy atom. The highest BCUT2D eigenvalue weighted by molar-refractivity contribution is 6.39. The van der Waals surface area contributed by atoms with Gasteiger partial charge in [0.15, 0.2) is 0 Å². The second-order valence-electron chi connectivity index (χ2n) is 6.86. The minimum Gasteiger partial charge on any atom is -0.311 e. The first kappa shape index (κ1) is 20.9. The molecule has 1 heterocycles. The fraction of sp³-hybridized carbons (Fsp3) is 0.0870. The van der Waals surface area contributed by atoms with Crippen LogP contribution in [0.4, 0.5) is 16.2 Å². The van der Waals surface area contributed by atoms with Crippen LogP contribution in [0.3, 0.4) is 0 Å². The molecule has 0 radical (unpaired) electrons. The second kappa shape index (κ2) is 8.79. The number of nitrogens with zero attached hydrogens (tertiary/aromatic N) is 2. The van der Waals surface area contributed by atoms with Crippen LogP contribution >= 0.6 is 23.2 Å². The molecule has 0 fully saturated rings. The number of urea groups is 1. The van der Waals surface area contributed by atoms with Crippen molar-refractivity contribution in [3.8, 4) is 0 Å². The lowest BCUT2D eigenvalue weighted by Crippen LogP contribution is -2.47. The van der Waals surface area contributed by atoms with Gasteiger partial charge in [-0.25, -0.2) is 9.79 Å². The molecule has 0 saturated carbocycles. The van der Waals surface area contributed by atoms with Crippen molar-refractivity contribution in [3.05, 3.63) is 94.0 Å². The first-order valence-corrected chi connectivity index (χ1v) is 10.2. The molecular weight excluding hydrogens is 435 g/mol. The predicted molar refractivity (Wildman–Crippen MR) is 124 cm³/mol. The molecule has 0 unspecified atom stereocenters. The molecule has 6 nitrogen and oxygen atoms in total. The average molecular weight is 453 g/mol. The summed E-state index contributed by atoms with van der Waals surface area (Å²) in [5, 5.41) is 5.80. The number of benzodiazepines with no additional fused rings is 1. The maximum atomic E-state index is 13.1. The van der Waals surface area contributed by atoms with E-state index in [4.69, 9.17) is 23.2 Å². The van der Waals surface area contributed by atoms with Crippen molar-refractivity contribution >= 4 is 52.2 Å². The molecule has 0 spiro atoms. The maximum Gasteiger partial charge on any atom is 0.321 e. The summed E-state index contributed by atoms with van der Waals surface area (Å²) in [5.74, 6) is -0.376. The van der Waals surface area contributed by atoms with E-state index in [0.717, 1.165) is 11.1 Å². The molecule has 0 saturated heterocycles. The fourth-order valence-electron chi connectivity index (χ4n) is 3.33. The Labute approximate surface area is 189 Å². The molecule has 2 N–H and O–H groups in total. The van der Waals surface area contributed by atoms with Crippen LogP contribution in [0.25, 0.3) is 0 Å². The molecule has 4 rings (SSSR count). The van der Waals surface area contributed by atoms with Crippen molar-refractivity contribution < 1.29 is 9.59 Å². The standard InChI is InChI=1S/C23H18Cl2N4O2/c1-29-18-13-6-5-10-15(18)19(14-8-3-2-4-9-14)26-21(22(29)30)28-23(31)27-20-16(24)11-7-12-17(20)25/h2-13,21H,1H3,(H2,27,28,31)/t21-/m1/s1. The number of halogens is 2. The van der Waals surface area contributed by atoms with Crippen LogP contribution in [-0.2, 0) is 4.79 Å². The summed E-state index contributed by atoms with van der Waals surface area (Å²) in [7, 11) is 1.65. The van der Waals surface area contributed by atoms with E-state index in [1.54, 1.807) is 25.2 Å². The van der Waals surface area contributed by atoms with Crippen molar-refractivity contribution in [2.24, 2.45) is 4.99 Å². The van der Waals surface area contributed by atoms with Crippen molar-refractivity contribution in [2.75, 3.05) is 17.3 Å². The van der Waals surface area contributed by atoms with E-state index in [0.29, 0.717) is 11.4 Å². The third-order valence-corrected chi connectivity index (χ3v) is 5.49. The minimum atomic E-state index is -1.14. The van der Waals surface area contributed by atoms with Crippen LogP contribution in [0.15, 0.2) is 77.8 Å². The van der Waals surface area contributed by atoms with Gasteiger partial charge in [0.1, 0.15) is 0 Å². The highest BCUT2D eigenvalue weighted by Gasteiger charge is 2.31. The molecule has 3 amide bonds.